The van der Waals surface area contributed by atoms with Crippen molar-refractivity contribution in [3.05, 3.63) is 35.9 Å². The number of hydrogen-bond donors (Lipinski definition) is 1. The molecule has 0 aliphatic heterocycles. The molecule has 0 bridgehead atoms. The van der Waals surface area contributed by atoms with Crippen molar-refractivity contribution in [1.82, 2.24) is 9.73 Å². The molecular formula is C9H10ClN3O3S. The number of nitrogens with one attached hydrogen (secondary N) is 1. The van der Waals surface area contributed by atoms with Crippen LogP contribution in [-0.2, 0) is 9.24 Å². The topological polar surface area (TPSA) is 78.8 Å². The average molecular weight is 276 g/mol. The minimum Gasteiger partial charge on any atom is -0.245 e. The van der Waals surface area contributed by atoms with Gasteiger partial charge in [0.25, 0.3) is 0 Å². The maximum Gasteiger partial charge on any atom is 0.352 e. The molecule has 0 saturated heterocycles. The zero-order valence-corrected chi connectivity index (χ0v) is 10.4. The predicted molar refractivity (Wildman–Crippen MR) is 65.1 cm³/mol. The first-order chi connectivity index (χ1) is 7.88. The summed E-state index contributed by atoms with van der Waals surface area (Å²) in [5.41, 5.74) is 0.779. The highest BCUT2D eigenvalue weighted by molar-refractivity contribution is 8.12. The summed E-state index contributed by atoms with van der Waals surface area (Å²) in [7, 11) is 2.06. The van der Waals surface area contributed by atoms with Crippen LogP contribution in [0.1, 0.15) is 5.56 Å². The van der Waals surface area contributed by atoms with Crippen LogP contribution in [0.3, 0.4) is 0 Å². The molecule has 0 fully saturated rings. The Morgan fingerprint density at radius 1 is 1.41 bits per heavy atom. The van der Waals surface area contributed by atoms with E-state index in [0.29, 0.717) is 0 Å². The molecule has 0 radical (unpaired) electrons. The van der Waals surface area contributed by atoms with E-state index in [1.807, 2.05) is 18.2 Å². The van der Waals surface area contributed by atoms with Gasteiger partial charge in [0, 0.05) is 17.7 Å². The third-order valence-corrected chi connectivity index (χ3v) is 2.33. The normalized spacial score (nSPS) is 11.4. The van der Waals surface area contributed by atoms with Crippen LogP contribution in [0.4, 0.5) is 4.79 Å². The second kappa shape index (κ2) is 5.65. The number of hydrazone groups is 1. The third-order valence-electron chi connectivity index (χ3n) is 1.68. The number of amides is 2. The van der Waals surface area contributed by atoms with E-state index in [9.17, 15) is 13.2 Å². The molecule has 92 valence electrons. The molecule has 0 atom stereocenters. The number of carbonyl (C=O) groups is 1. The van der Waals surface area contributed by atoms with Crippen molar-refractivity contribution in [2.45, 2.75) is 0 Å². The zero-order valence-electron chi connectivity index (χ0n) is 8.87. The Hall–Kier alpha value is -1.60. The minimum absolute atomic E-state index is 0.779. The molecule has 8 heteroatoms. The first-order valence-corrected chi connectivity index (χ1v) is 6.78. The number of rotatable bonds is 3. The predicted octanol–water partition coefficient (Wildman–Crippen LogP) is 1.15. The summed E-state index contributed by atoms with van der Waals surface area (Å²) in [6.07, 6.45) is 1.42. The summed E-state index contributed by atoms with van der Waals surface area (Å²) in [5.74, 6) is 0. The van der Waals surface area contributed by atoms with Gasteiger partial charge in [-0.05, 0) is 5.56 Å². The molecule has 6 nitrogen and oxygen atoms in total. The SMILES string of the molecule is CN(/N=C\c1ccccc1)C(=O)NS(=O)(=O)Cl. The van der Waals surface area contributed by atoms with Gasteiger partial charge in [-0.2, -0.15) is 13.5 Å². The number of urea groups is 1. The highest BCUT2D eigenvalue weighted by Crippen LogP contribution is 1.97. The van der Waals surface area contributed by atoms with Gasteiger partial charge in [0.2, 0.25) is 0 Å². The summed E-state index contributed by atoms with van der Waals surface area (Å²) >= 11 is 0. The number of nitrogens with zero attached hydrogens (tertiary/aromatic N) is 2. The minimum atomic E-state index is -4.09. The first kappa shape index (κ1) is 13.5. The van der Waals surface area contributed by atoms with Crippen LogP contribution in [0.5, 0.6) is 0 Å². The average Bonchev–Trinajstić information content (AvgIpc) is 2.25. The fraction of sp³-hybridized carbons (Fsp3) is 0.111. The van der Waals surface area contributed by atoms with Gasteiger partial charge in [0.05, 0.1) is 6.21 Å². The number of benzene rings is 1. The smallest absolute Gasteiger partial charge is 0.245 e. The van der Waals surface area contributed by atoms with Crippen LogP contribution < -0.4 is 4.72 Å². The number of hydrogen-bond acceptors (Lipinski definition) is 4. The monoisotopic (exact) mass is 275 g/mol. The van der Waals surface area contributed by atoms with Crippen LogP contribution in [-0.4, -0.2) is 32.7 Å². The summed E-state index contributed by atoms with van der Waals surface area (Å²) in [5, 5.41) is 4.58. The maximum atomic E-state index is 11.2. The second-order valence-corrected chi connectivity index (χ2v) is 5.32. The van der Waals surface area contributed by atoms with Crippen molar-refractivity contribution >= 4 is 32.2 Å². The Morgan fingerprint density at radius 2 is 2.00 bits per heavy atom. The molecule has 0 unspecified atom stereocenters. The molecule has 0 aliphatic rings. The Bertz CT molecular complexity index is 516. The van der Waals surface area contributed by atoms with Crippen molar-refractivity contribution in [3.8, 4) is 0 Å². The van der Waals surface area contributed by atoms with Crippen molar-refractivity contribution in [2.24, 2.45) is 5.10 Å². The Morgan fingerprint density at radius 3 is 2.53 bits per heavy atom. The van der Waals surface area contributed by atoms with Crippen molar-refractivity contribution in [2.75, 3.05) is 7.05 Å². The van der Waals surface area contributed by atoms with E-state index in [2.05, 4.69) is 5.10 Å². The first-order valence-electron chi connectivity index (χ1n) is 4.47. The third kappa shape index (κ3) is 5.32. The molecule has 0 saturated carbocycles. The summed E-state index contributed by atoms with van der Waals surface area (Å²) in [6, 6.07) is 8.09. The van der Waals surface area contributed by atoms with Gasteiger partial charge in [0.1, 0.15) is 0 Å². The summed E-state index contributed by atoms with van der Waals surface area (Å²) in [6.45, 7) is 0. The molecule has 0 aliphatic carbocycles. The van der Waals surface area contributed by atoms with Gasteiger partial charge < -0.3 is 0 Å². The van der Waals surface area contributed by atoms with E-state index in [4.69, 9.17) is 10.7 Å². The molecule has 1 rings (SSSR count). The Balaban J connectivity index is 2.64. The Labute approximate surface area is 103 Å². The van der Waals surface area contributed by atoms with Gasteiger partial charge in [-0.1, -0.05) is 30.3 Å². The fourth-order valence-corrected chi connectivity index (χ4v) is 1.45. The molecule has 0 heterocycles. The van der Waals surface area contributed by atoms with E-state index in [1.165, 1.54) is 13.3 Å². The molecule has 1 aromatic carbocycles. The van der Waals surface area contributed by atoms with E-state index in [-0.39, 0.29) is 0 Å². The van der Waals surface area contributed by atoms with E-state index < -0.39 is 15.3 Å². The maximum absolute atomic E-state index is 11.2. The molecule has 0 aromatic heterocycles. The summed E-state index contributed by atoms with van der Waals surface area (Å²) in [4.78, 5) is 11.2. The molecule has 1 N–H and O–H groups in total. The van der Waals surface area contributed by atoms with Gasteiger partial charge in [-0.15, -0.1) is 0 Å². The Kier molecular flexibility index (Phi) is 4.47. The van der Waals surface area contributed by atoms with Crippen LogP contribution in [0.25, 0.3) is 0 Å². The van der Waals surface area contributed by atoms with Gasteiger partial charge in [-0.25, -0.2) is 14.5 Å². The van der Waals surface area contributed by atoms with Crippen molar-refractivity contribution < 1.29 is 13.2 Å². The van der Waals surface area contributed by atoms with E-state index >= 15 is 0 Å². The molecular weight excluding hydrogens is 266 g/mol. The van der Waals surface area contributed by atoms with Crippen LogP contribution >= 0.6 is 10.7 Å². The van der Waals surface area contributed by atoms with E-state index in [0.717, 1.165) is 10.6 Å². The highest BCUT2D eigenvalue weighted by Gasteiger charge is 2.13. The number of carbonyl (C=O) groups excluding carboxylic acids is 1. The molecule has 1 aromatic rings. The van der Waals surface area contributed by atoms with Gasteiger partial charge in [-0.3, -0.25) is 0 Å². The van der Waals surface area contributed by atoms with Gasteiger partial charge >= 0.3 is 15.3 Å². The zero-order chi connectivity index (χ0) is 12.9. The van der Waals surface area contributed by atoms with Crippen LogP contribution in [0, 0.1) is 0 Å². The van der Waals surface area contributed by atoms with E-state index in [1.54, 1.807) is 16.9 Å². The lowest BCUT2D eigenvalue weighted by Gasteiger charge is -2.09. The fourth-order valence-electron chi connectivity index (χ4n) is 0.915. The largest absolute Gasteiger partial charge is 0.352 e. The second-order valence-electron chi connectivity index (χ2n) is 3.02. The standard InChI is InChI=1S/C9H10ClN3O3S/c1-13(9(14)12-17(10,15)16)11-7-8-5-3-2-4-6-8/h2-7H,1H3,(H,12,14)/b11-7-. The molecule has 2 amide bonds. The quantitative estimate of drug-likeness (QED) is 0.510. The molecule has 17 heavy (non-hydrogen) atoms. The highest BCUT2D eigenvalue weighted by atomic mass is 35.7. The van der Waals surface area contributed by atoms with Crippen LogP contribution in [0.2, 0.25) is 0 Å². The lowest BCUT2D eigenvalue weighted by atomic mass is 10.2. The van der Waals surface area contributed by atoms with Crippen LogP contribution in [0.15, 0.2) is 35.4 Å². The number of halogens is 1. The lowest BCUT2D eigenvalue weighted by Crippen LogP contribution is -2.35. The van der Waals surface area contributed by atoms with Crippen molar-refractivity contribution in [1.29, 1.82) is 0 Å². The molecule has 0 spiro atoms. The van der Waals surface area contributed by atoms with Gasteiger partial charge in [0.15, 0.2) is 0 Å². The summed E-state index contributed by atoms with van der Waals surface area (Å²) < 4.78 is 22.7. The lowest BCUT2D eigenvalue weighted by molar-refractivity contribution is 0.217. The van der Waals surface area contributed by atoms with Crippen molar-refractivity contribution in [3.63, 3.8) is 0 Å².